The van der Waals surface area contributed by atoms with Crippen molar-refractivity contribution in [2.75, 3.05) is 31.6 Å². The van der Waals surface area contributed by atoms with E-state index < -0.39 is 10.0 Å². The molecule has 1 saturated heterocycles. The monoisotopic (exact) mass is 471 g/mol. The number of carbonyl (C=O) groups is 1. The lowest BCUT2D eigenvalue weighted by Gasteiger charge is -2.33. The molecule has 0 aliphatic carbocycles. The lowest BCUT2D eigenvalue weighted by atomic mass is 9.98. The van der Waals surface area contributed by atoms with E-state index in [0.29, 0.717) is 31.9 Å². The third-order valence-electron chi connectivity index (χ3n) is 6.53. The number of hydrogen-bond donors (Lipinski definition) is 1. The van der Waals surface area contributed by atoms with Crippen molar-refractivity contribution in [1.29, 1.82) is 0 Å². The van der Waals surface area contributed by atoms with Crippen LogP contribution in [0.4, 0.5) is 5.69 Å². The standard InChI is InChI=1S/C25H33N3O4S/c1-3-32-23-10-7-20-13-16-27(18-21(20)17-23)19(2)25(29)26-22-8-11-24(12-9-22)33(30,31)28-14-5-4-6-15-28/h7-12,17,19H,3-6,13-16,18H2,1-2H3,(H,26,29). The van der Waals surface area contributed by atoms with E-state index in [1.807, 2.05) is 19.9 Å². The molecule has 0 bridgehead atoms. The average Bonchev–Trinajstić information content (AvgIpc) is 2.84. The van der Waals surface area contributed by atoms with Gasteiger partial charge in [0.1, 0.15) is 5.75 Å². The number of ether oxygens (including phenoxy) is 1. The van der Waals surface area contributed by atoms with Gasteiger partial charge >= 0.3 is 0 Å². The number of carbonyl (C=O) groups excluding carboxylic acids is 1. The molecule has 0 aromatic heterocycles. The summed E-state index contributed by atoms with van der Waals surface area (Å²) in [6, 6.07) is 12.4. The Morgan fingerprint density at radius 3 is 2.45 bits per heavy atom. The number of anilines is 1. The van der Waals surface area contributed by atoms with Crippen LogP contribution in [0.15, 0.2) is 47.4 Å². The van der Waals surface area contributed by atoms with E-state index in [1.165, 1.54) is 11.1 Å². The predicted octanol–water partition coefficient (Wildman–Crippen LogP) is 3.65. The fourth-order valence-electron chi connectivity index (χ4n) is 4.52. The Bertz CT molecular complexity index is 1080. The van der Waals surface area contributed by atoms with Crippen LogP contribution in [0.3, 0.4) is 0 Å². The summed E-state index contributed by atoms with van der Waals surface area (Å²) in [7, 11) is -3.47. The molecule has 0 radical (unpaired) electrons. The van der Waals surface area contributed by atoms with Crippen molar-refractivity contribution >= 4 is 21.6 Å². The van der Waals surface area contributed by atoms with Crippen molar-refractivity contribution in [3.05, 3.63) is 53.6 Å². The van der Waals surface area contributed by atoms with Crippen LogP contribution in [0.1, 0.15) is 44.2 Å². The van der Waals surface area contributed by atoms with Gasteiger partial charge in [-0.2, -0.15) is 4.31 Å². The molecule has 7 nitrogen and oxygen atoms in total. The molecule has 1 atom stereocenters. The van der Waals surface area contributed by atoms with E-state index in [1.54, 1.807) is 28.6 Å². The van der Waals surface area contributed by atoms with Gasteiger partial charge < -0.3 is 10.1 Å². The molecule has 2 aromatic carbocycles. The predicted molar refractivity (Wildman–Crippen MR) is 129 cm³/mol. The minimum atomic E-state index is -3.47. The Kier molecular flexibility index (Phi) is 7.36. The number of sulfonamides is 1. The first kappa shape index (κ1) is 23.7. The first-order valence-corrected chi connectivity index (χ1v) is 13.2. The summed E-state index contributed by atoms with van der Waals surface area (Å²) in [4.78, 5) is 15.3. The lowest BCUT2D eigenvalue weighted by molar-refractivity contribution is -0.121. The average molecular weight is 472 g/mol. The van der Waals surface area contributed by atoms with E-state index in [0.717, 1.165) is 38.0 Å². The summed E-state index contributed by atoms with van der Waals surface area (Å²) in [5.41, 5.74) is 3.09. The van der Waals surface area contributed by atoms with Gasteiger partial charge in [-0.15, -0.1) is 0 Å². The van der Waals surface area contributed by atoms with E-state index >= 15 is 0 Å². The highest BCUT2D eigenvalue weighted by Gasteiger charge is 2.27. The molecule has 4 rings (SSSR count). The molecule has 0 spiro atoms. The molecular weight excluding hydrogens is 438 g/mol. The van der Waals surface area contributed by atoms with Crippen LogP contribution in [0.25, 0.3) is 0 Å². The highest BCUT2D eigenvalue weighted by molar-refractivity contribution is 7.89. The number of hydrogen-bond acceptors (Lipinski definition) is 5. The molecule has 8 heteroatoms. The quantitative estimate of drug-likeness (QED) is 0.667. The maximum Gasteiger partial charge on any atom is 0.243 e. The zero-order valence-corrected chi connectivity index (χ0v) is 20.2. The number of amides is 1. The zero-order chi connectivity index (χ0) is 23.4. The van der Waals surface area contributed by atoms with E-state index in [4.69, 9.17) is 4.74 Å². The fourth-order valence-corrected chi connectivity index (χ4v) is 6.04. The Morgan fingerprint density at radius 2 is 1.76 bits per heavy atom. The van der Waals surface area contributed by atoms with Crippen molar-refractivity contribution in [2.24, 2.45) is 0 Å². The number of nitrogens with zero attached hydrogens (tertiary/aromatic N) is 2. The number of rotatable bonds is 7. The Morgan fingerprint density at radius 1 is 1.03 bits per heavy atom. The largest absolute Gasteiger partial charge is 0.494 e. The first-order valence-electron chi connectivity index (χ1n) is 11.8. The number of fused-ring (bicyclic) bond motifs is 1. The second-order valence-corrected chi connectivity index (χ2v) is 10.7. The van der Waals surface area contributed by atoms with Crippen molar-refractivity contribution in [3.63, 3.8) is 0 Å². The molecule has 33 heavy (non-hydrogen) atoms. The van der Waals surface area contributed by atoms with Crippen molar-refractivity contribution in [1.82, 2.24) is 9.21 Å². The van der Waals surface area contributed by atoms with Crippen molar-refractivity contribution < 1.29 is 17.9 Å². The Balaban J connectivity index is 1.38. The van der Waals surface area contributed by atoms with Crippen LogP contribution < -0.4 is 10.1 Å². The molecule has 2 aliphatic rings. The molecule has 2 aliphatic heterocycles. The van der Waals surface area contributed by atoms with Crippen molar-refractivity contribution in [2.45, 2.75) is 57.0 Å². The van der Waals surface area contributed by atoms with Gasteiger partial charge in [0.25, 0.3) is 0 Å². The third-order valence-corrected chi connectivity index (χ3v) is 8.45. The first-order chi connectivity index (χ1) is 15.9. The summed E-state index contributed by atoms with van der Waals surface area (Å²) >= 11 is 0. The van der Waals surface area contributed by atoms with Crippen LogP contribution in [0, 0.1) is 0 Å². The molecule has 1 fully saturated rings. The summed E-state index contributed by atoms with van der Waals surface area (Å²) in [5.74, 6) is 0.751. The van der Waals surface area contributed by atoms with E-state index in [-0.39, 0.29) is 16.8 Å². The summed E-state index contributed by atoms with van der Waals surface area (Å²) in [5, 5.41) is 2.94. The number of benzene rings is 2. The molecule has 2 heterocycles. The van der Waals surface area contributed by atoms with Crippen LogP contribution >= 0.6 is 0 Å². The molecule has 1 N–H and O–H groups in total. The van der Waals surface area contributed by atoms with Crippen LogP contribution in [-0.2, 0) is 27.8 Å². The summed E-state index contributed by atoms with van der Waals surface area (Å²) in [6.45, 7) is 7.14. The second kappa shape index (κ2) is 10.2. The minimum Gasteiger partial charge on any atom is -0.494 e. The highest BCUT2D eigenvalue weighted by Crippen LogP contribution is 2.26. The van der Waals surface area contributed by atoms with E-state index in [2.05, 4.69) is 22.3 Å². The zero-order valence-electron chi connectivity index (χ0n) is 19.4. The molecule has 0 saturated carbocycles. The van der Waals surface area contributed by atoms with Crippen LogP contribution in [0.2, 0.25) is 0 Å². The van der Waals surface area contributed by atoms with Crippen molar-refractivity contribution in [3.8, 4) is 5.75 Å². The van der Waals surface area contributed by atoms with Crippen LogP contribution in [-0.4, -0.2) is 55.8 Å². The molecular formula is C25H33N3O4S. The second-order valence-electron chi connectivity index (χ2n) is 8.74. The smallest absolute Gasteiger partial charge is 0.243 e. The molecule has 1 unspecified atom stereocenters. The maximum atomic E-state index is 12.9. The third kappa shape index (κ3) is 5.39. The van der Waals surface area contributed by atoms with Gasteiger partial charge in [0.05, 0.1) is 17.5 Å². The highest BCUT2D eigenvalue weighted by atomic mass is 32.2. The Hall–Kier alpha value is -2.42. The molecule has 178 valence electrons. The molecule has 2 aromatic rings. The van der Waals surface area contributed by atoms with Gasteiger partial charge in [-0.1, -0.05) is 12.5 Å². The van der Waals surface area contributed by atoms with Gasteiger partial charge in [0.2, 0.25) is 15.9 Å². The number of piperidine rings is 1. The van der Waals surface area contributed by atoms with Gasteiger partial charge in [0.15, 0.2) is 0 Å². The van der Waals surface area contributed by atoms with Gasteiger partial charge in [0, 0.05) is 31.9 Å². The minimum absolute atomic E-state index is 0.106. The van der Waals surface area contributed by atoms with Gasteiger partial charge in [-0.05, 0) is 80.6 Å². The summed E-state index contributed by atoms with van der Waals surface area (Å²) < 4.78 is 32.8. The van der Waals surface area contributed by atoms with E-state index in [9.17, 15) is 13.2 Å². The maximum absolute atomic E-state index is 12.9. The fraction of sp³-hybridized carbons (Fsp3) is 0.480. The normalized spacial score (nSPS) is 18.4. The Labute approximate surface area is 196 Å². The number of nitrogens with one attached hydrogen (secondary N) is 1. The topological polar surface area (TPSA) is 79.0 Å². The summed E-state index contributed by atoms with van der Waals surface area (Å²) in [6.07, 6.45) is 3.77. The van der Waals surface area contributed by atoms with Crippen LogP contribution in [0.5, 0.6) is 5.75 Å². The molecule has 1 amide bonds. The van der Waals surface area contributed by atoms with Gasteiger partial charge in [-0.3, -0.25) is 9.69 Å². The lowest BCUT2D eigenvalue weighted by Crippen LogP contribution is -2.44. The SMILES string of the molecule is CCOc1ccc2c(c1)CN(C(C)C(=O)Nc1ccc(S(=O)(=O)N3CCCCC3)cc1)CC2. The van der Waals surface area contributed by atoms with Gasteiger partial charge in [-0.25, -0.2) is 8.42 Å².